The van der Waals surface area contributed by atoms with Crippen molar-refractivity contribution >= 4 is 0 Å². The lowest BCUT2D eigenvalue weighted by molar-refractivity contribution is 0.0130. The van der Waals surface area contributed by atoms with Crippen molar-refractivity contribution in [3.63, 3.8) is 0 Å². The highest BCUT2D eigenvalue weighted by Gasteiger charge is 2.41. The molecular formula is C17H32N4. The van der Waals surface area contributed by atoms with E-state index in [0.717, 1.165) is 19.6 Å². The molecule has 2 rings (SSSR count). The van der Waals surface area contributed by atoms with E-state index in [1.54, 1.807) is 0 Å². The maximum absolute atomic E-state index is 4.32. The Hall–Kier alpha value is -0.870. The highest BCUT2D eigenvalue weighted by molar-refractivity contribution is 5.07. The molecule has 0 aromatic carbocycles. The molecule has 0 aliphatic carbocycles. The molecule has 21 heavy (non-hydrogen) atoms. The van der Waals surface area contributed by atoms with Crippen LogP contribution in [0, 0.1) is 5.41 Å². The number of rotatable bonds is 4. The minimum atomic E-state index is 0.268. The molecule has 1 aromatic rings. The molecule has 120 valence electrons. The third-order valence-electron chi connectivity index (χ3n) is 5.11. The van der Waals surface area contributed by atoms with E-state index in [-0.39, 0.29) is 11.0 Å². The Morgan fingerprint density at radius 2 is 2.00 bits per heavy atom. The van der Waals surface area contributed by atoms with Crippen molar-refractivity contribution in [3.05, 3.63) is 18.0 Å². The lowest BCUT2D eigenvalue weighted by atomic mass is 9.80. The van der Waals surface area contributed by atoms with Crippen LogP contribution in [-0.4, -0.2) is 39.4 Å². The molecule has 4 heteroatoms. The van der Waals surface area contributed by atoms with Crippen molar-refractivity contribution in [2.75, 3.05) is 13.1 Å². The van der Waals surface area contributed by atoms with Crippen LogP contribution >= 0.6 is 0 Å². The molecule has 1 aliphatic heterocycles. The van der Waals surface area contributed by atoms with Gasteiger partial charge in [-0.05, 0) is 18.3 Å². The van der Waals surface area contributed by atoms with Gasteiger partial charge < -0.3 is 5.32 Å². The summed E-state index contributed by atoms with van der Waals surface area (Å²) in [6.07, 6.45) is 6.51. The Labute approximate surface area is 129 Å². The van der Waals surface area contributed by atoms with Crippen LogP contribution in [0.4, 0.5) is 0 Å². The van der Waals surface area contributed by atoms with Crippen molar-refractivity contribution in [3.8, 4) is 0 Å². The second-order valence-electron chi connectivity index (χ2n) is 7.68. The molecule has 1 aromatic heterocycles. The average molecular weight is 292 g/mol. The second-order valence-corrected chi connectivity index (χ2v) is 7.68. The van der Waals surface area contributed by atoms with E-state index in [0.29, 0.717) is 6.04 Å². The number of aromatic nitrogens is 2. The van der Waals surface area contributed by atoms with E-state index in [1.165, 1.54) is 18.4 Å². The monoisotopic (exact) mass is 292 g/mol. The summed E-state index contributed by atoms with van der Waals surface area (Å²) in [5.74, 6) is 0. The van der Waals surface area contributed by atoms with Gasteiger partial charge in [0.2, 0.25) is 0 Å². The molecule has 1 N–H and O–H groups in total. The van der Waals surface area contributed by atoms with Crippen LogP contribution in [0.3, 0.4) is 0 Å². The van der Waals surface area contributed by atoms with Gasteiger partial charge >= 0.3 is 0 Å². The maximum atomic E-state index is 4.32. The Kier molecular flexibility index (Phi) is 4.79. The van der Waals surface area contributed by atoms with Crippen molar-refractivity contribution < 1.29 is 0 Å². The molecule has 0 spiro atoms. The summed E-state index contributed by atoms with van der Waals surface area (Å²) in [5.41, 5.74) is 1.86. The fraction of sp³-hybridized carbons (Fsp3) is 0.824. The maximum Gasteiger partial charge on any atom is 0.0534 e. The molecule has 0 radical (unpaired) electrons. The third-order valence-corrected chi connectivity index (χ3v) is 5.11. The van der Waals surface area contributed by atoms with E-state index in [1.807, 2.05) is 17.9 Å². The predicted octanol–water partition coefficient (Wildman–Crippen LogP) is 2.80. The highest BCUT2D eigenvalue weighted by Crippen LogP contribution is 2.32. The zero-order valence-electron chi connectivity index (χ0n) is 14.6. The Morgan fingerprint density at radius 3 is 2.48 bits per heavy atom. The molecule has 1 saturated heterocycles. The number of hydrogen-bond donors (Lipinski definition) is 1. The van der Waals surface area contributed by atoms with Crippen molar-refractivity contribution in [2.45, 2.75) is 65.6 Å². The van der Waals surface area contributed by atoms with Crippen LogP contribution in [0.5, 0.6) is 0 Å². The van der Waals surface area contributed by atoms with Crippen LogP contribution < -0.4 is 5.32 Å². The number of piperazine rings is 1. The summed E-state index contributed by atoms with van der Waals surface area (Å²) in [5, 5.41) is 8.17. The van der Waals surface area contributed by atoms with Crippen LogP contribution in [0.15, 0.2) is 12.4 Å². The van der Waals surface area contributed by atoms with Gasteiger partial charge in [-0.3, -0.25) is 9.58 Å². The number of nitrogens with zero attached hydrogens (tertiary/aromatic N) is 3. The van der Waals surface area contributed by atoms with E-state index in [2.05, 4.69) is 56.1 Å². The van der Waals surface area contributed by atoms with Gasteiger partial charge in [0.1, 0.15) is 0 Å². The molecule has 0 bridgehead atoms. The van der Waals surface area contributed by atoms with Crippen LogP contribution in [0.2, 0.25) is 0 Å². The quantitative estimate of drug-likeness (QED) is 0.926. The van der Waals surface area contributed by atoms with Gasteiger partial charge in [-0.1, -0.05) is 34.6 Å². The number of aryl methyl sites for hydroxylation is 1. The molecule has 1 fully saturated rings. The first kappa shape index (κ1) is 16.5. The first-order chi connectivity index (χ1) is 9.79. The summed E-state index contributed by atoms with van der Waals surface area (Å²) in [7, 11) is 1.99. The zero-order valence-corrected chi connectivity index (χ0v) is 14.6. The standard InChI is InChI=1S/C17H32N4/c1-7-17(8-2)13-21(12-14-9-19-20(6)11-14)15(10-18-17)16(3,4)5/h9,11,15,18H,7-8,10,12-13H2,1-6H3. The lowest BCUT2D eigenvalue weighted by Crippen LogP contribution is -2.66. The van der Waals surface area contributed by atoms with Gasteiger partial charge in [0, 0.05) is 50.0 Å². The van der Waals surface area contributed by atoms with Gasteiger partial charge in [-0.15, -0.1) is 0 Å². The fourth-order valence-electron chi connectivity index (χ4n) is 3.53. The van der Waals surface area contributed by atoms with Gasteiger partial charge in [0.25, 0.3) is 0 Å². The Balaban J connectivity index is 2.20. The van der Waals surface area contributed by atoms with E-state index in [9.17, 15) is 0 Å². The topological polar surface area (TPSA) is 33.1 Å². The first-order valence-corrected chi connectivity index (χ1v) is 8.26. The highest BCUT2D eigenvalue weighted by atomic mass is 15.3. The molecule has 0 amide bonds. The second kappa shape index (κ2) is 6.09. The van der Waals surface area contributed by atoms with Crippen molar-refractivity contribution in [1.82, 2.24) is 20.0 Å². The summed E-state index contributed by atoms with van der Waals surface area (Å²) >= 11 is 0. The molecule has 1 unspecified atom stereocenters. The summed E-state index contributed by atoms with van der Waals surface area (Å²) in [6, 6.07) is 0.559. The van der Waals surface area contributed by atoms with Gasteiger partial charge in [0.05, 0.1) is 6.20 Å². The molecule has 2 heterocycles. The molecular weight excluding hydrogens is 260 g/mol. The molecule has 4 nitrogen and oxygen atoms in total. The lowest BCUT2D eigenvalue weighted by Gasteiger charge is -2.51. The van der Waals surface area contributed by atoms with E-state index >= 15 is 0 Å². The van der Waals surface area contributed by atoms with Crippen LogP contribution in [0.1, 0.15) is 53.0 Å². The largest absolute Gasteiger partial charge is 0.308 e. The van der Waals surface area contributed by atoms with E-state index < -0.39 is 0 Å². The minimum absolute atomic E-state index is 0.268. The summed E-state index contributed by atoms with van der Waals surface area (Å²) in [4.78, 5) is 2.67. The number of nitrogens with one attached hydrogen (secondary N) is 1. The van der Waals surface area contributed by atoms with Gasteiger partial charge in [-0.25, -0.2) is 0 Å². The predicted molar refractivity (Wildman–Crippen MR) is 88.2 cm³/mol. The van der Waals surface area contributed by atoms with Crippen LogP contribution in [0.25, 0.3) is 0 Å². The van der Waals surface area contributed by atoms with Crippen molar-refractivity contribution in [2.24, 2.45) is 12.5 Å². The third kappa shape index (κ3) is 3.67. The molecule has 1 aliphatic rings. The van der Waals surface area contributed by atoms with Crippen LogP contribution in [-0.2, 0) is 13.6 Å². The Morgan fingerprint density at radius 1 is 1.33 bits per heavy atom. The average Bonchev–Trinajstić information content (AvgIpc) is 2.82. The summed E-state index contributed by atoms with van der Waals surface area (Å²) in [6.45, 7) is 14.8. The molecule has 0 saturated carbocycles. The van der Waals surface area contributed by atoms with Crippen molar-refractivity contribution in [1.29, 1.82) is 0 Å². The van der Waals surface area contributed by atoms with Gasteiger partial charge in [0.15, 0.2) is 0 Å². The van der Waals surface area contributed by atoms with Gasteiger partial charge in [-0.2, -0.15) is 5.10 Å². The fourth-order valence-corrected chi connectivity index (χ4v) is 3.53. The minimum Gasteiger partial charge on any atom is -0.308 e. The zero-order chi connectivity index (χ0) is 15.7. The summed E-state index contributed by atoms with van der Waals surface area (Å²) < 4.78 is 1.90. The SMILES string of the molecule is CCC1(CC)CN(Cc2cnn(C)c2)C(C(C)(C)C)CN1. The number of hydrogen-bond acceptors (Lipinski definition) is 3. The molecule has 1 atom stereocenters. The van der Waals surface area contributed by atoms with E-state index in [4.69, 9.17) is 0 Å². The normalized spacial score (nSPS) is 23.4. The Bertz CT molecular complexity index is 454. The smallest absolute Gasteiger partial charge is 0.0534 e. The first-order valence-electron chi connectivity index (χ1n) is 8.26.